The van der Waals surface area contributed by atoms with Crippen molar-refractivity contribution in [1.82, 2.24) is 39.5 Å². The number of aliphatic hydroxyl groups is 2. The maximum atomic E-state index is 13.9. The number of ether oxygens (including phenoxy) is 4. The van der Waals surface area contributed by atoms with Gasteiger partial charge in [0.05, 0.1) is 74.7 Å². The Labute approximate surface area is 469 Å². The van der Waals surface area contributed by atoms with Crippen molar-refractivity contribution in [2.24, 2.45) is 0 Å². The molecule has 428 valence electrons. The highest BCUT2D eigenvalue weighted by atomic mass is 32.2. The van der Waals surface area contributed by atoms with Gasteiger partial charge >= 0.3 is 0 Å². The Morgan fingerprint density at radius 1 is 0.585 bits per heavy atom. The number of para-hydroxylation sites is 2. The first-order valence-electron chi connectivity index (χ1n) is 25.1. The van der Waals surface area contributed by atoms with Gasteiger partial charge in [-0.2, -0.15) is 10.5 Å². The SMILES string of the molecule is COc1cccc(OC)c1-n1c(CS(=O)(=O)[C@@H]2C[C@H](O)CN(c3ncc(F)cc3C#N)C2)nnc1-c1ccc(C)o1.COc1cccc(OC)c1-n1c(CS(=O)(=O)[C@H]2C[C@@H](O)CN(c3ncc(F)cc3C#N)C2)nnc1-c1ccc(C)o1. The van der Waals surface area contributed by atoms with Gasteiger partial charge in [-0.1, -0.05) is 12.1 Å². The summed E-state index contributed by atoms with van der Waals surface area (Å²) in [6.07, 6.45) is -0.258. The zero-order valence-corrected chi connectivity index (χ0v) is 46.6. The van der Waals surface area contributed by atoms with Crippen molar-refractivity contribution < 1.29 is 63.6 Å². The molecule has 0 radical (unpaired) electrons. The topological polar surface area (TPSA) is 313 Å². The average Bonchev–Trinajstić information content (AvgIpc) is 4.26. The van der Waals surface area contributed by atoms with Gasteiger partial charge in [0.2, 0.25) is 11.6 Å². The number of nitrogens with zero attached hydrogens (tertiary/aromatic N) is 12. The number of piperidine rings is 2. The van der Waals surface area contributed by atoms with E-state index in [-0.39, 0.29) is 85.1 Å². The maximum Gasteiger partial charge on any atom is 0.204 e. The van der Waals surface area contributed by atoms with Crippen LogP contribution in [0.2, 0.25) is 0 Å². The summed E-state index contributed by atoms with van der Waals surface area (Å²) in [7, 11) is -2.07. The van der Waals surface area contributed by atoms with Crippen molar-refractivity contribution >= 4 is 31.3 Å². The minimum absolute atomic E-state index is 0.0376. The van der Waals surface area contributed by atoms with Crippen molar-refractivity contribution in [3.8, 4) is 69.7 Å². The molecule has 0 spiro atoms. The number of aromatic nitrogens is 8. The maximum absolute atomic E-state index is 13.9. The van der Waals surface area contributed by atoms with E-state index >= 15 is 0 Å². The molecule has 0 unspecified atom stereocenters. The number of sulfone groups is 2. The summed E-state index contributed by atoms with van der Waals surface area (Å²) in [5, 5.41) is 55.1. The third kappa shape index (κ3) is 11.9. The number of aryl methyl sites for hydroxylation is 2. The van der Waals surface area contributed by atoms with Gasteiger partial charge in [0.1, 0.15) is 92.8 Å². The van der Waals surface area contributed by atoms with Crippen molar-refractivity contribution in [2.45, 2.75) is 60.9 Å². The third-order valence-electron chi connectivity index (χ3n) is 13.6. The lowest BCUT2D eigenvalue weighted by atomic mass is 10.1. The molecule has 2 fully saturated rings. The second-order valence-electron chi connectivity index (χ2n) is 19.1. The molecule has 24 nitrogen and oxygen atoms in total. The standard InChI is InChI=1S/2C27H27FN6O6S/c2*1-16-7-8-23(40-16)27-32-31-24(34(27)25-21(38-2)5-4-6-22(25)39-3)15-41(36,37)20-10-19(35)13-33(14-20)26-17(11-29)9-18(28)12-30-26/h2*4-9,12,19-20,35H,10,13-15H2,1-3H3/t2*19-,20+/m10/s1. The Bertz CT molecular complexity index is 3670. The van der Waals surface area contributed by atoms with Crippen molar-refractivity contribution in [1.29, 1.82) is 10.5 Å². The molecule has 0 aliphatic carbocycles. The summed E-state index contributed by atoms with van der Waals surface area (Å²) in [4.78, 5) is 11.0. The highest BCUT2D eigenvalue weighted by Gasteiger charge is 2.40. The van der Waals surface area contributed by atoms with E-state index in [1.165, 1.54) is 47.4 Å². The fourth-order valence-corrected chi connectivity index (χ4v) is 13.3. The van der Waals surface area contributed by atoms with E-state index < -0.39 is 65.5 Å². The van der Waals surface area contributed by atoms with Gasteiger partial charge in [0.25, 0.3) is 0 Å². The van der Waals surface area contributed by atoms with Gasteiger partial charge < -0.3 is 47.8 Å². The fraction of sp³-hybridized carbons (Fsp3) is 0.333. The van der Waals surface area contributed by atoms with Crippen molar-refractivity contribution in [3.63, 3.8) is 0 Å². The van der Waals surface area contributed by atoms with Crippen LogP contribution in [0.4, 0.5) is 20.4 Å². The van der Waals surface area contributed by atoms with Crippen LogP contribution in [0.25, 0.3) is 34.5 Å². The van der Waals surface area contributed by atoms with Crippen LogP contribution in [0.3, 0.4) is 0 Å². The van der Waals surface area contributed by atoms with Crippen LogP contribution in [0.1, 0.15) is 47.1 Å². The molecule has 2 aliphatic rings. The van der Waals surface area contributed by atoms with E-state index in [0.29, 0.717) is 57.4 Å². The van der Waals surface area contributed by atoms with Crippen LogP contribution in [0.5, 0.6) is 23.0 Å². The number of halogens is 2. The van der Waals surface area contributed by atoms with Crippen LogP contribution in [-0.4, -0.2) is 144 Å². The number of hydrogen-bond donors (Lipinski definition) is 2. The van der Waals surface area contributed by atoms with Gasteiger partial charge in [0, 0.05) is 26.2 Å². The minimum Gasteiger partial charge on any atom is -0.494 e. The smallest absolute Gasteiger partial charge is 0.204 e. The van der Waals surface area contributed by atoms with Crippen LogP contribution in [-0.2, 0) is 31.2 Å². The second-order valence-corrected chi connectivity index (χ2v) is 23.7. The van der Waals surface area contributed by atoms with Gasteiger partial charge in [-0.25, -0.2) is 35.6 Å². The molecule has 0 saturated carbocycles. The fourth-order valence-electron chi connectivity index (χ4n) is 9.87. The predicted octanol–water partition coefficient (Wildman–Crippen LogP) is 5.63. The van der Waals surface area contributed by atoms with E-state index in [0.717, 1.165) is 24.5 Å². The monoisotopic (exact) mass is 1160 g/mol. The summed E-state index contributed by atoms with van der Waals surface area (Å²) < 4.78 is 120. The number of anilines is 2. The largest absolute Gasteiger partial charge is 0.494 e. The third-order valence-corrected chi connectivity index (χ3v) is 17.6. The Kier molecular flexibility index (Phi) is 16.9. The highest BCUT2D eigenvalue weighted by molar-refractivity contribution is 7.91. The number of furan rings is 2. The zero-order valence-electron chi connectivity index (χ0n) is 45.0. The zero-order chi connectivity index (χ0) is 58.6. The van der Waals surface area contributed by atoms with E-state index in [1.54, 1.807) is 74.5 Å². The molecule has 6 aromatic heterocycles. The number of hydrogen-bond acceptors (Lipinski definition) is 22. The van der Waals surface area contributed by atoms with E-state index in [2.05, 4.69) is 30.4 Å². The van der Waals surface area contributed by atoms with Crippen molar-refractivity contribution in [2.75, 3.05) is 64.4 Å². The molecule has 2 saturated heterocycles. The Hall–Kier alpha value is -8.96. The number of β-amino-alcohol motifs (C(OH)–C–C–N with tert-alkyl or cyclic N) is 2. The number of nitriles is 2. The summed E-state index contributed by atoms with van der Waals surface area (Å²) in [5.74, 6) is 1.86. The lowest BCUT2D eigenvalue weighted by Crippen LogP contribution is -2.49. The first-order chi connectivity index (χ1) is 39.3. The molecule has 2 N–H and O–H groups in total. The van der Waals surface area contributed by atoms with Crippen LogP contribution in [0, 0.1) is 48.1 Å². The van der Waals surface area contributed by atoms with Gasteiger partial charge in [-0.15, -0.1) is 20.4 Å². The first-order valence-corrected chi connectivity index (χ1v) is 28.6. The van der Waals surface area contributed by atoms with E-state index in [9.17, 15) is 46.4 Å². The number of aliphatic hydroxyl groups excluding tert-OH is 2. The number of pyridine rings is 2. The molecular formula is C54H54F2N12O12S2. The Morgan fingerprint density at radius 3 is 1.27 bits per heavy atom. The van der Waals surface area contributed by atoms with Gasteiger partial charge in [0.15, 0.2) is 42.8 Å². The lowest BCUT2D eigenvalue weighted by molar-refractivity contribution is 0.154. The summed E-state index contributed by atoms with van der Waals surface area (Å²) in [5.41, 5.74) is 0.653. The van der Waals surface area contributed by atoms with Gasteiger partial charge in [-0.3, -0.25) is 9.13 Å². The van der Waals surface area contributed by atoms with Crippen molar-refractivity contribution in [3.05, 3.63) is 131 Å². The van der Waals surface area contributed by atoms with Gasteiger partial charge in [-0.05, 0) is 87.4 Å². The molecule has 8 heterocycles. The molecule has 2 aromatic carbocycles. The first kappa shape index (κ1) is 57.7. The Morgan fingerprint density at radius 2 is 0.951 bits per heavy atom. The van der Waals surface area contributed by atoms with Crippen LogP contribution >= 0.6 is 0 Å². The normalized spacial score (nSPS) is 17.3. The van der Waals surface area contributed by atoms with Crippen LogP contribution < -0.4 is 28.7 Å². The summed E-state index contributed by atoms with van der Waals surface area (Å²) in [6.45, 7) is 3.48. The molecule has 28 heteroatoms. The molecule has 10 rings (SSSR count). The minimum atomic E-state index is -3.99. The molecule has 4 atom stereocenters. The van der Waals surface area contributed by atoms with Crippen LogP contribution in [0.15, 0.2) is 94.0 Å². The quantitative estimate of drug-likeness (QED) is 0.118. The molecular weight excluding hydrogens is 1110 g/mol. The molecule has 82 heavy (non-hydrogen) atoms. The average molecular weight is 1170 g/mol. The predicted molar refractivity (Wildman–Crippen MR) is 290 cm³/mol. The van der Waals surface area contributed by atoms with E-state index in [1.807, 2.05) is 12.1 Å². The molecule has 8 aromatic rings. The number of methoxy groups -OCH3 is 4. The lowest BCUT2D eigenvalue weighted by Gasteiger charge is -2.36. The van der Waals surface area contributed by atoms with E-state index in [4.69, 9.17) is 27.8 Å². The number of benzene rings is 2. The Balaban J connectivity index is 0.000000198. The highest BCUT2D eigenvalue weighted by Crippen LogP contribution is 2.40. The summed E-state index contributed by atoms with van der Waals surface area (Å²) in [6, 6.07) is 23.0. The number of rotatable bonds is 16. The molecule has 0 bridgehead atoms. The molecule has 2 aliphatic heterocycles. The second kappa shape index (κ2) is 24.0. The molecule has 0 amide bonds. The summed E-state index contributed by atoms with van der Waals surface area (Å²) >= 11 is 0.